The molecule has 10 heteroatoms. The van der Waals surface area contributed by atoms with Gasteiger partial charge in [-0.2, -0.15) is 0 Å². The van der Waals surface area contributed by atoms with Crippen LogP contribution in [0.2, 0.25) is 0 Å². The lowest BCUT2D eigenvalue weighted by Crippen LogP contribution is -2.70. The van der Waals surface area contributed by atoms with E-state index in [4.69, 9.17) is 28.9 Å². The Balaban J connectivity index is 1.35. The van der Waals surface area contributed by atoms with Gasteiger partial charge >= 0.3 is 0 Å². The Morgan fingerprint density at radius 1 is 0.933 bits per heavy atom. The van der Waals surface area contributed by atoms with Crippen LogP contribution in [-0.2, 0) is 25.7 Å². The lowest BCUT2D eigenvalue weighted by Gasteiger charge is -2.60. The molecule has 0 radical (unpaired) electrons. The SMILES string of the molecule is C=CCOc1ccc2c(c1)[C@H]1[C@H](CCCCO)[C@@H](CCCCO)C=C3C(=NOC4CCCCO4)C[C@H](N(Cc4cccc5ccccc45)C(=O)C4CC4)[C@@](OCC=C)(O2)[C@H]31. The van der Waals surface area contributed by atoms with Gasteiger partial charge in [0.25, 0.3) is 0 Å². The Morgan fingerprint density at radius 2 is 1.73 bits per heavy atom. The van der Waals surface area contributed by atoms with Gasteiger partial charge in [0, 0.05) is 50.0 Å². The highest BCUT2D eigenvalue weighted by atomic mass is 16.8. The fraction of sp³-hybridized carbons (Fsp3) is 0.520. The van der Waals surface area contributed by atoms with Crippen LogP contribution in [0.5, 0.6) is 11.5 Å². The maximum Gasteiger partial charge on any atom is 0.239 e. The zero-order chi connectivity index (χ0) is 41.5. The van der Waals surface area contributed by atoms with Crippen molar-refractivity contribution in [3.8, 4) is 11.5 Å². The first-order valence-electron chi connectivity index (χ1n) is 22.4. The van der Waals surface area contributed by atoms with Crippen molar-refractivity contribution >= 4 is 22.4 Å². The molecule has 10 nitrogen and oxygen atoms in total. The molecule has 1 unspecified atom stereocenters. The molecule has 0 aromatic heterocycles. The van der Waals surface area contributed by atoms with Crippen LogP contribution in [0.4, 0.5) is 0 Å². The number of allylic oxidation sites excluding steroid dienone is 1. The Morgan fingerprint density at radius 3 is 2.50 bits per heavy atom. The minimum absolute atomic E-state index is 0.0784. The number of hydrogen-bond donors (Lipinski definition) is 2. The number of carbonyl (C=O) groups excluding carboxylic acids is 1. The summed E-state index contributed by atoms with van der Waals surface area (Å²) in [7, 11) is 0. The second-order valence-corrected chi connectivity index (χ2v) is 17.2. The molecule has 7 atom stereocenters. The normalized spacial score (nSPS) is 27.6. The second kappa shape index (κ2) is 19.5. The average molecular weight is 819 g/mol. The largest absolute Gasteiger partial charge is 0.490 e. The minimum atomic E-state index is -1.33. The Hall–Kier alpha value is -4.48. The van der Waals surface area contributed by atoms with E-state index >= 15 is 4.79 Å². The van der Waals surface area contributed by atoms with Crippen LogP contribution in [-0.4, -0.2) is 77.9 Å². The maximum absolute atomic E-state index is 15.0. The Bertz CT molecular complexity index is 2030. The van der Waals surface area contributed by atoms with Gasteiger partial charge in [-0.15, -0.1) is 6.58 Å². The number of benzene rings is 3. The summed E-state index contributed by atoms with van der Waals surface area (Å²) in [6, 6.07) is 20.1. The van der Waals surface area contributed by atoms with E-state index in [1.165, 1.54) is 0 Å². The van der Waals surface area contributed by atoms with Gasteiger partial charge in [-0.3, -0.25) is 4.79 Å². The van der Waals surface area contributed by atoms with Gasteiger partial charge in [0.2, 0.25) is 18.0 Å². The lowest BCUT2D eigenvalue weighted by molar-refractivity contribution is -0.258. The van der Waals surface area contributed by atoms with E-state index < -0.39 is 24.0 Å². The molecule has 2 saturated carbocycles. The van der Waals surface area contributed by atoms with Gasteiger partial charge < -0.3 is 38.9 Å². The van der Waals surface area contributed by atoms with Crippen LogP contribution in [0.15, 0.2) is 103 Å². The number of oxime groups is 1. The summed E-state index contributed by atoms with van der Waals surface area (Å²) >= 11 is 0. The highest BCUT2D eigenvalue weighted by Gasteiger charge is 2.66. The molecule has 3 aromatic carbocycles. The summed E-state index contributed by atoms with van der Waals surface area (Å²) in [5.41, 5.74) is 3.87. The van der Waals surface area contributed by atoms with Gasteiger partial charge in [0.15, 0.2) is 0 Å². The summed E-state index contributed by atoms with van der Waals surface area (Å²) in [5, 5.41) is 27.2. The lowest BCUT2D eigenvalue weighted by atomic mass is 9.55. The molecule has 1 saturated heterocycles. The van der Waals surface area contributed by atoms with Crippen molar-refractivity contribution in [3.05, 3.63) is 109 Å². The monoisotopic (exact) mass is 818 g/mol. The highest BCUT2D eigenvalue weighted by Crippen LogP contribution is 2.62. The Kier molecular flexibility index (Phi) is 13.7. The molecule has 3 fully saturated rings. The van der Waals surface area contributed by atoms with E-state index in [0.29, 0.717) is 44.8 Å². The molecule has 0 bridgehead atoms. The molecule has 1 amide bonds. The molecule has 2 heterocycles. The number of aliphatic hydroxyl groups is 2. The number of rotatable bonds is 20. The molecule has 320 valence electrons. The quantitative estimate of drug-likeness (QED) is 0.0659. The van der Waals surface area contributed by atoms with E-state index in [0.717, 1.165) is 96.7 Å². The van der Waals surface area contributed by atoms with Crippen molar-refractivity contribution < 1.29 is 38.8 Å². The predicted octanol–water partition coefficient (Wildman–Crippen LogP) is 9.00. The summed E-state index contributed by atoms with van der Waals surface area (Å²) in [4.78, 5) is 23.4. The van der Waals surface area contributed by atoms with E-state index in [1.807, 2.05) is 23.1 Å². The molecule has 8 rings (SSSR count). The summed E-state index contributed by atoms with van der Waals surface area (Å²) in [6.45, 7) is 9.79. The molecule has 3 aromatic rings. The van der Waals surface area contributed by atoms with Gasteiger partial charge in [0.05, 0.1) is 24.8 Å². The van der Waals surface area contributed by atoms with Crippen molar-refractivity contribution in [2.24, 2.45) is 28.8 Å². The zero-order valence-corrected chi connectivity index (χ0v) is 34.9. The van der Waals surface area contributed by atoms with Gasteiger partial charge in [-0.1, -0.05) is 85.3 Å². The number of amides is 1. The number of ether oxygens (including phenoxy) is 4. The van der Waals surface area contributed by atoms with Crippen molar-refractivity contribution in [2.45, 2.75) is 108 Å². The summed E-state index contributed by atoms with van der Waals surface area (Å²) in [6.07, 6.45) is 15.1. The third-order valence-corrected chi connectivity index (χ3v) is 13.2. The molecular formula is C50H62N2O8. The van der Waals surface area contributed by atoms with Crippen molar-refractivity contribution in [3.63, 3.8) is 0 Å². The maximum atomic E-state index is 15.0. The van der Waals surface area contributed by atoms with E-state index in [-0.39, 0.29) is 49.4 Å². The van der Waals surface area contributed by atoms with Crippen molar-refractivity contribution in [2.75, 3.05) is 33.0 Å². The van der Waals surface area contributed by atoms with Crippen LogP contribution in [0.3, 0.4) is 0 Å². The molecule has 5 aliphatic rings. The smallest absolute Gasteiger partial charge is 0.239 e. The number of unbranched alkanes of at least 4 members (excludes halogenated alkanes) is 2. The van der Waals surface area contributed by atoms with Crippen LogP contribution < -0.4 is 9.47 Å². The number of nitrogens with zero attached hydrogens (tertiary/aromatic N) is 2. The molecule has 2 aliphatic heterocycles. The topological polar surface area (TPSA) is 119 Å². The predicted molar refractivity (Wildman–Crippen MR) is 233 cm³/mol. The number of hydrogen-bond acceptors (Lipinski definition) is 9. The second-order valence-electron chi connectivity index (χ2n) is 17.2. The van der Waals surface area contributed by atoms with Crippen molar-refractivity contribution in [1.29, 1.82) is 0 Å². The molecule has 3 aliphatic carbocycles. The van der Waals surface area contributed by atoms with E-state index in [1.54, 1.807) is 12.2 Å². The summed E-state index contributed by atoms with van der Waals surface area (Å²) in [5.74, 6) is -0.196. The van der Waals surface area contributed by atoms with Crippen LogP contribution in [0.25, 0.3) is 10.8 Å². The minimum Gasteiger partial charge on any atom is -0.490 e. The van der Waals surface area contributed by atoms with Crippen molar-refractivity contribution in [1.82, 2.24) is 4.90 Å². The molecule has 2 N–H and O–H groups in total. The molecular weight excluding hydrogens is 757 g/mol. The third-order valence-electron chi connectivity index (χ3n) is 13.2. The van der Waals surface area contributed by atoms with Gasteiger partial charge in [0.1, 0.15) is 24.1 Å². The molecule has 0 spiro atoms. The number of carbonyl (C=O) groups is 1. The van der Waals surface area contributed by atoms with Gasteiger partial charge in [-0.05, 0) is 103 Å². The number of fused-ring (bicyclic) bond motifs is 3. The standard InChI is InChI=1S/C50H62N2O8/c1-3-27-56-38-23-24-44-42(31-38)47-40(19-8-11-26-54)36(15-7-10-25-53)30-41-43(51-60-46-20-9-12-29-57-46)32-45(50(59-44,48(41)47)58-28-4-2)52(49(55)35-21-22-35)33-37-17-13-16-34-14-5-6-18-39(34)37/h3-6,13-14,16-18,23-24,30-31,35-36,40,45-48,53-54H,1-2,7-12,15,19-22,25-29,32-33H2/t36-,40+,45-,46?,47+,48+,50+/m0/s1. The first-order chi connectivity index (χ1) is 29.5. The van der Waals surface area contributed by atoms with Crippen LogP contribution in [0, 0.1) is 23.7 Å². The van der Waals surface area contributed by atoms with Crippen LogP contribution >= 0.6 is 0 Å². The Labute approximate surface area is 354 Å². The van der Waals surface area contributed by atoms with Crippen LogP contribution in [0.1, 0.15) is 94.1 Å². The average Bonchev–Trinajstić information content (AvgIpc) is 4.14. The zero-order valence-electron chi connectivity index (χ0n) is 34.9. The first-order valence-corrected chi connectivity index (χ1v) is 22.4. The fourth-order valence-electron chi connectivity index (χ4n) is 10.3. The number of aliphatic hydroxyl groups excluding tert-OH is 2. The van der Waals surface area contributed by atoms with E-state index in [2.05, 4.69) is 61.7 Å². The van der Waals surface area contributed by atoms with Gasteiger partial charge in [-0.25, -0.2) is 0 Å². The molecule has 60 heavy (non-hydrogen) atoms. The first kappa shape index (κ1) is 42.2. The fourth-order valence-corrected chi connectivity index (χ4v) is 10.3. The summed E-state index contributed by atoms with van der Waals surface area (Å²) < 4.78 is 26.9. The third kappa shape index (κ3) is 8.80. The van der Waals surface area contributed by atoms with E-state index in [9.17, 15) is 10.2 Å². The highest BCUT2D eigenvalue weighted by molar-refractivity contribution is 6.03.